The number of piperidine rings is 1. The number of hydrogen-bond donors (Lipinski definition) is 0. The van der Waals surface area contributed by atoms with E-state index < -0.39 is 0 Å². The van der Waals surface area contributed by atoms with Crippen molar-refractivity contribution in [3.05, 3.63) is 28.8 Å². The first-order chi connectivity index (χ1) is 9.29. The topological polar surface area (TPSA) is 3.24 Å². The van der Waals surface area contributed by atoms with Crippen LogP contribution in [0.3, 0.4) is 0 Å². The molecule has 19 heavy (non-hydrogen) atoms. The fourth-order valence-electron chi connectivity index (χ4n) is 3.87. The minimum Gasteiger partial charge on any atom is -0.368 e. The Bertz CT molecular complexity index is 446. The van der Waals surface area contributed by atoms with Crippen LogP contribution in [0, 0.1) is 5.92 Å². The maximum Gasteiger partial charge on any atom is 0.0410 e. The first-order valence-electron chi connectivity index (χ1n) is 7.40. The summed E-state index contributed by atoms with van der Waals surface area (Å²) < 4.78 is 0. The van der Waals surface area contributed by atoms with E-state index in [9.17, 15) is 0 Å². The lowest BCUT2D eigenvalue weighted by Crippen LogP contribution is -2.47. The quantitative estimate of drug-likeness (QED) is 0.651. The van der Waals surface area contributed by atoms with Crippen LogP contribution in [0.25, 0.3) is 0 Å². The van der Waals surface area contributed by atoms with Crippen LogP contribution in [0.15, 0.2) is 18.2 Å². The second-order valence-electron chi connectivity index (χ2n) is 5.85. The molecule has 3 rings (SSSR count). The van der Waals surface area contributed by atoms with Gasteiger partial charge in [-0.15, -0.1) is 0 Å². The summed E-state index contributed by atoms with van der Waals surface area (Å²) in [6.45, 7) is 1.21. The molecule has 1 saturated carbocycles. The van der Waals surface area contributed by atoms with Crippen molar-refractivity contribution in [2.45, 2.75) is 49.9 Å². The molecule has 1 heterocycles. The van der Waals surface area contributed by atoms with Crippen LogP contribution in [-0.4, -0.2) is 12.6 Å². The molecular weight excluding hydrogens is 322 g/mol. The highest BCUT2D eigenvalue weighted by atomic mass is 79.9. The number of nitrogens with zero attached hydrogens (tertiary/aromatic N) is 1. The second kappa shape index (κ2) is 6.05. The normalized spacial score (nSPS) is 27.2. The Balaban J connectivity index is 1.91. The molecule has 1 aromatic rings. The molecule has 104 valence electrons. The van der Waals surface area contributed by atoms with Gasteiger partial charge in [0.1, 0.15) is 0 Å². The zero-order valence-corrected chi connectivity index (χ0v) is 13.6. The molecule has 0 N–H and O–H groups in total. The SMILES string of the molecule is Clc1ccc(N2CCC[C@H]3CCCC[C@H]32)c(CBr)c1. The Kier molecular flexibility index (Phi) is 4.38. The van der Waals surface area contributed by atoms with Crippen molar-refractivity contribution in [3.8, 4) is 0 Å². The average Bonchev–Trinajstić information content (AvgIpc) is 2.46. The van der Waals surface area contributed by atoms with Crippen LogP contribution in [0.1, 0.15) is 44.1 Å². The van der Waals surface area contributed by atoms with Crippen molar-refractivity contribution < 1.29 is 0 Å². The Morgan fingerprint density at radius 3 is 2.79 bits per heavy atom. The zero-order chi connectivity index (χ0) is 13.2. The summed E-state index contributed by atoms with van der Waals surface area (Å²) in [5, 5.41) is 1.73. The van der Waals surface area contributed by atoms with Crippen LogP contribution in [0.5, 0.6) is 0 Å². The number of anilines is 1. The minimum absolute atomic E-state index is 0.765. The fraction of sp³-hybridized carbons (Fsp3) is 0.625. The Morgan fingerprint density at radius 2 is 1.95 bits per heavy atom. The van der Waals surface area contributed by atoms with Crippen molar-refractivity contribution in [1.29, 1.82) is 0 Å². The van der Waals surface area contributed by atoms with Crippen molar-refractivity contribution in [3.63, 3.8) is 0 Å². The van der Waals surface area contributed by atoms with Gasteiger partial charge in [0.05, 0.1) is 0 Å². The highest BCUT2D eigenvalue weighted by molar-refractivity contribution is 9.08. The molecule has 2 fully saturated rings. The van der Waals surface area contributed by atoms with E-state index in [0.717, 1.165) is 22.3 Å². The van der Waals surface area contributed by atoms with Gasteiger partial charge in [0, 0.05) is 28.6 Å². The largest absolute Gasteiger partial charge is 0.368 e. The molecule has 2 aliphatic rings. The predicted molar refractivity (Wildman–Crippen MR) is 86.4 cm³/mol. The molecular formula is C16H21BrClN. The van der Waals surface area contributed by atoms with Crippen LogP contribution >= 0.6 is 27.5 Å². The summed E-state index contributed by atoms with van der Waals surface area (Å²) in [6, 6.07) is 7.13. The van der Waals surface area contributed by atoms with Crippen molar-refractivity contribution >= 4 is 33.2 Å². The highest BCUT2D eigenvalue weighted by Crippen LogP contribution is 2.39. The molecule has 1 aromatic carbocycles. The smallest absolute Gasteiger partial charge is 0.0410 e. The van der Waals surface area contributed by atoms with Gasteiger partial charge in [0.15, 0.2) is 0 Å². The molecule has 2 atom stereocenters. The zero-order valence-electron chi connectivity index (χ0n) is 11.2. The van der Waals surface area contributed by atoms with Gasteiger partial charge in [0.2, 0.25) is 0 Å². The van der Waals surface area contributed by atoms with E-state index in [1.807, 2.05) is 6.07 Å². The second-order valence-corrected chi connectivity index (χ2v) is 6.85. The minimum atomic E-state index is 0.765. The number of fused-ring (bicyclic) bond motifs is 1. The average molecular weight is 343 g/mol. The van der Waals surface area contributed by atoms with E-state index >= 15 is 0 Å². The van der Waals surface area contributed by atoms with E-state index in [1.54, 1.807) is 0 Å². The first-order valence-corrected chi connectivity index (χ1v) is 8.90. The van der Waals surface area contributed by atoms with Gasteiger partial charge in [0.25, 0.3) is 0 Å². The summed E-state index contributed by atoms with van der Waals surface area (Å²) in [5.41, 5.74) is 2.73. The molecule has 0 bridgehead atoms. The summed E-state index contributed by atoms with van der Waals surface area (Å²) in [5.74, 6) is 0.918. The number of rotatable bonds is 2. The van der Waals surface area contributed by atoms with E-state index in [1.165, 1.54) is 56.3 Å². The maximum absolute atomic E-state index is 6.13. The lowest BCUT2D eigenvalue weighted by Gasteiger charge is -2.46. The maximum atomic E-state index is 6.13. The third-order valence-corrected chi connectivity index (χ3v) is 5.58. The highest BCUT2D eigenvalue weighted by Gasteiger charge is 2.33. The monoisotopic (exact) mass is 341 g/mol. The summed E-state index contributed by atoms with van der Waals surface area (Å²) in [4.78, 5) is 2.67. The molecule has 1 aliphatic heterocycles. The third-order valence-electron chi connectivity index (χ3n) is 4.74. The predicted octanol–water partition coefficient (Wildman–Crippen LogP) is 5.39. The lowest BCUT2D eigenvalue weighted by molar-refractivity contribution is 0.243. The van der Waals surface area contributed by atoms with E-state index in [-0.39, 0.29) is 0 Å². The first kappa shape index (κ1) is 13.8. The van der Waals surface area contributed by atoms with Crippen molar-refractivity contribution in [2.75, 3.05) is 11.4 Å². The summed E-state index contributed by atoms with van der Waals surface area (Å²) in [7, 11) is 0. The number of halogens is 2. The number of alkyl halides is 1. The van der Waals surface area contributed by atoms with Crippen LogP contribution in [0.4, 0.5) is 5.69 Å². The van der Waals surface area contributed by atoms with Crippen LogP contribution in [-0.2, 0) is 5.33 Å². The van der Waals surface area contributed by atoms with E-state index in [0.29, 0.717) is 0 Å². The third kappa shape index (κ3) is 2.80. The summed E-state index contributed by atoms with van der Waals surface area (Å²) >= 11 is 9.74. The molecule has 3 heteroatoms. The number of hydrogen-bond acceptors (Lipinski definition) is 1. The van der Waals surface area contributed by atoms with Gasteiger partial charge in [-0.25, -0.2) is 0 Å². The molecule has 0 unspecified atom stereocenters. The van der Waals surface area contributed by atoms with Crippen molar-refractivity contribution in [1.82, 2.24) is 0 Å². The molecule has 1 nitrogen and oxygen atoms in total. The van der Waals surface area contributed by atoms with Crippen LogP contribution < -0.4 is 4.90 Å². The molecule has 0 radical (unpaired) electrons. The van der Waals surface area contributed by atoms with E-state index in [2.05, 4.69) is 33.0 Å². The van der Waals surface area contributed by atoms with Gasteiger partial charge >= 0.3 is 0 Å². The molecule has 0 aromatic heterocycles. The summed E-state index contributed by atoms with van der Waals surface area (Å²) in [6.07, 6.45) is 8.40. The number of benzene rings is 1. The molecule has 0 spiro atoms. The standard InChI is InChI=1S/C16H21BrClN/c17-11-13-10-14(18)7-8-16(13)19-9-3-5-12-4-1-2-6-15(12)19/h7-8,10,12,15H,1-6,9,11H2/t12-,15-/m1/s1. The lowest BCUT2D eigenvalue weighted by atomic mass is 9.78. The van der Waals surface area contributed by atoms with Gasteiger partial charge in [-0.05, 0) is 55.4 Å². The van der Waals surface area contributed by atoms with E-state index in [4.69, 9.17) is 11.6 Å². The van der Waals surface area contributed by atoms with Gasteiger partial charge in [-0.3, -0.25) is 0 Å². The Hall–Kier alpha value is -0.210. The Labute approximate surface area is 129 Å². The van der Waals surface area contributed by atoms with Gasteiger partial charge < -0.3 is 4.90 Å². The van der Waals surface area contributed by atoms with Gasteiger partial charge in [-0.1, -0.05) is 40.4 Å². The molecule has 1 aliphatic carbocycles. The molecule has 1 saturated heterocycles. The van der Waals surface area contributed by atoms with Crippen LogP contribution in [0.2, 0.25) is 5.02 Å². The van der Waals surface area contributed by atoms with Gasteiger partial charge in [-0.2, -0.15) is 0 Å². The van der Waals surface area contributed by atoms with Crippen molar-refractivity contribution in [2.24, 2.45) is 5.92 Å². The Morgan fingerprint density at radius 1 is 1.16 bits per heavy atom. The molecule has 0 amide bonds. The fourth-order valence-corrected chi connectivity index (χ4v) is 4.51.